The average molecular weight is 428 g/mol. The predicted octanol–water partition coefficient (Wildman–Crippen LogP) is 4.03. The smallest absolute Gasteiger partial charge is 0.166 e. The molecule has 1 fully saturated rings. The third-order valence-corrected chi connectivity index (χ3v) is 7.88. The van der Waals surface area contributed by atoms with Gasteiger partial charge in [0.1, 0.15) is 17.6 Å². The third kappa shape index (κ3) is 2.77. The molecule has 32 heavy (non-hydrogen) atoms. The van der Waals surface area contributed by atoms with Crippen LogP contribution in [0.15, 0.2) is 71.8 Å². The van der Waals surface area contributed by atoms with Crippen LogP contribution in [-0.4, -0.2) is 34.4 Å². The number of aliphatic hydroxyl groups excluding tert-OH is 1. The molecule has 1 N–H and O–H groups in total. The van der Waals surface area contributed by atoms with Crippen molar-refractivity contribution >= 4 is 22.3 Å². The summed E-state index contributed by atoms with van der Waals surface area (Å²) in [6.07, 6.45) is 10.9. The first-order chi connectivity index (χ1) is 15.5. The second-order valence-electron chi connectivity index (χ2n) is 9.79. The van der Waals surface area contributed by atoms with Crippen LogP contribution in [0.4, 0.5) is 0 Å². The van der Waals surface area contributed by atoms with Gasteiger partial charge >= 0.3 is 0 Å². The van der Waals surface area contributed by atoms with Gasteiger partial charge in [-0.05, 0) is 34.6 Å². The molecule has 0 bridgehead atoms. The molecule has 2 heterocycles. The number of hydrogen-bond acceptors (Lipinski definition) is 5. The number of aromatic nitrogens is 1. The van der Waals surface area contributed by atoms with Crippen molar-refractivity contribution in [3.8, 4) is 0 Å². The van der Waals surface area contributed by atoms with E-state index in [2.05, 4.69) is 24.1 Å². The maximum absolute atomic E-state index is 13.4. The summed E-state index contributed by atoms with van der Waals surface area (Å²) in [5.41, 5.74) is 2.27. The highest BCUT2D eigenvalue weighted by atomic mass is 16.5. The first-order valence-corrected chi connectivity index (χ1v) is 11.3. The maximum atomic E-state index is 13.4. The standard InChI is InChI=1S/C27H25NO4/c1-27-6-4-18-11-20-22(30)8-15(14-29)9-24(20)32-26(18)21(27)12-23(31)25(27)17-2-3-19-13-28-7-5-16(19)10-17/h2-7,10-11,13,15,21,25-26,29H,8-9,12,14H2,1H3/t15?,21-,25-,26+,27-/m0/s1. The van der Waals surface area contributed by atoms with Crippen molar-refractivity contribution in [3.63, 3.8) is 0 Å². The number of benzene rings is 1. The lowest BCUT2D eigenvalue weighted by molar-refractivity contribution is -0.120. The summed E-state index contributed by atoms with van der Waals surface area (Å²) >= 11 is 0. The first-order valence-electron chi connectivity index (χ1n) is 11.3. The number of Topliss-reactive ketones (excluding diaryl/α,β-unsaturated/α-hetero) is 2. The van der Waals surface area contributed by atoms with Gasteiger partial charge in [-0.15, -0.1) is 0 Å². The Morgan fingerprint density at radius 1 is 1.16 bits per heavy atom. The van der Waals surface area contributed by atoms with E-state index in [1.165, 1.54) is 0 Å². The van der Waals surface area contributed by atoms with E-state index in [1.54, 1.807) is 6.20 Å². The molecule has 1 aromatic carbocycles. The highest BCUT2D eigenvalue weighted by Gasteiger charge is 2.57. The van der Waals surface area contributed by atoms with E-state index >= 15 is 0 Å². The van der Waals surface area contributed by atoms with Gasteiger partial charge in [-0.2, -0.15) is 0 Å². The predicted molar refractivity (Wildman–Crippen MR) is 120 cm³/mol. The molecular formula is C27H25NO4. The molecule has 6 rings (SSSR count). The zero-order valence-electron chi connectivity index (χ0n) is 18.0. The third-order valence-electron chi connectivity index (χ3n) is 7.88. The Labute approximate surface area is 186 Å². The summed E-state index contributed by atoms with van der Waals surface area (Å²) in [6.45, 7) is 2.14. The number of carbonyl (C=O) groups excluding carboxylic acids is 2. The van der Waals surface area contributed by atoms with Gasteiger partial charge in [0.15, 0.2) is 5.78 Å². The quantitative estimate of drug-likeness (QED) is 0.783. The van der Waals surface area contributed by atoms with Gasteiger partial charge in [0, 0.05) is 55.0 Å². The lowest BCUT2D eigenvalue weighted by Gasteiger charge is -2.44. The van der Waals surface area contributed by atoms with Crippen LogP contribution < -0.4 is 0 Å². The van der Waals surface area contributed by atoms with Gasteiger partial charge in [-0.1, -0.05) is 37.3 Å². The molecule has 4 aliphatic rings. The number of carbonyl (C=O) groups is 2. The summed E-state index contributed by atoms with van der Waals surface area (Å²) in [6, 6.07) is 8.18. The number of pyridine rings is 1. The molecule has 0 spiro atoms. The van der Waals surface area contributed by atoms with E-state index in [4.69, 9.17) is 4.74 Å². The van der Waals surface area contributed by atoms with Gasteiger partial charge in [0.05, 0.1) is 11.5 Å². The van der Waals surface area contributed by atoms with Crippen molar-refractivity contribution in [2.75, 3.05) is 6.61 Å². The van der Waals surface area contributed by atoms with E-state index in [0.29, 0.717) is 30.6 Å². The molecule has 5 heteroatoms. The molecule has 1 aromatic heterocycles. The Morgan fingerprint density at radius 3 is 2.88 bits per heavy atom. The fraction of sp³-hybridized carbons (Fsp3) is 0.370. The Hall–Kier alpha value is -3.05. The maximum Gasteiger partial charge on any atom is 0.166 e. The van der Waals surface area contributed by atoms with Crippen LogP contribution in [0.1, 0.15) is 37.7 Å². The van der Waals surface area contributed by atoms with E-state index in [-0.39, 0.29) is 47.4 Å². The topological polar surface area (TPSA) is 76.5 Å². The zero-order valence-corrected chi connectivity index (χ0v) is 18.0. The van der Waals surface area contributed by atoms with Crippen LogP contribution in [-0.2, 0) is 14.3 Å². The SMILES string of the molecule is C[C@]12C=CC3=CC4=C(CC(CO)CC4=O)O[C@H]3[C@@H]1CC(=O)[C@@H]2c1ccc2cnccc2c1. The molecule has 2 aromatic rings. The zero-order chi connectivity index (χ0) is 22.0. The molecule has 5 atom stereocenters. The van der Waals surface area contributed by atoms with Gasteiger partial charge in [0.25, 0.3) is 0 Å². The highest BCUT2D eigenvalue weighted by molar-refractivity contribution is 6.00. The minimum absolute atomic E-state index is 0.00282. The van der Waals surface area contributed by atoms with E-state index in [1.807, 2.05) is 36.5 Å². The Kier molecular flexibility index (Phi) is 4.28. The fourth-order valence-corrected chi connectivity index (χ4v) is 6.17. The Balaban J connectivity index is 1.39. The number of allylic oxidation sites excluding steroid dienone is 4. The molecule has 0 amide bonds. The van der Waals surface area contributed by atoms with Gasteiger partial charge in [-0.3, -0.25) is 14.6 Å². The molecule has 162 valence electrons. The first kappa shape index (κ1) is 19.6. The van der Waals surface area contributed by atoms with E-state index in [9.17, 15) is 14.7 Å². The summed E-state index contributed by atoms with van der Waals surface area (Å²) in [7, 11) is 0. The van der Waals surface area contributed by atoms with Gasteiger partial charge in [0.2, 0.25) is 0 Å². The number of nitrogens with zero attached hydrogens (tertiary/aromatic N) is 1. The van der Waals surface area contributed by atoms with Gasteiger partial charge in [-0.25, -0.2) is 0 Å². The minimum atomic E-state index is -0.368. The van der Waals surface area contributed by atoms with Crippen LogP contribution in [0.3, 0.4) is 0 Å². The molecule has 5 nitrogen and oxygen atoms in total. The van der Waals surface area contributed by atoms with Crippen molar-refractivity contribution in [2.24, 2.45) is 17.3 Å². The fourth-order valence-electron chi connectivity index (χ4n) is 6.17. The van der Waals surface area contributed by atoms with Gasteiger partial charge < -0.3 is 9.84 Å². The van der Waals surface area contributed by atoms with E-state index < -0.39 is 0 Å². The number of hydrogen-bond donors (Lipinski definition) is 1. The number of ether oxygens (including phenoxy) is 1. The molecule has 0 saturated heterocycles. The molecular weight excluding hydrogens is 402 g/mol. The molecule has 3 aliphatic carbocycles. The largest absolute Gasteiger partial charge is 0.489 e. The number of aliphatic hydroxyl groups is 1. The van der Waals surface area contributed by atoms with Crippen molar-refractivity contribution < 1.29 is 19.4 Å². The monoisotopic (exact) mass is 427 g/mol. The highest BCUT2D eigenvalue weighted by Crippen LogP contribution is 2.58. The van der Waals surface area contributed by atoms with E-state index in [0.717, 1.165) is 21.9 Å². The van der Waals surface area contributed by atoms with Crippen LogP contribution in [0.2, 0.25) is 0 Å². The summed E-state index contributed by atoms with van der Waals surface area (Å²) < 4.78 is 6.45. The van der Waals surface area contributed by atoms with Crippen LogP contribution >= 0.6 is 0 Å². The van der Waals surface area contributed by atoms with Crippen molar-refractivity contribution in [1.29, 1.82) is 0 Å². The van der Waals surface area contributed by atoms with Crippen molar-refractivity contribution in [3.05, 3.63) is 77.4 Å². The Morgan fingerprint density at radius 2 is 2.03 bits per heavy atom. The number of ketones is 2. The van der Waals surface area contributed by atoms with Crippen molar-refractivity contribution in [1.82, 2.24) is 4.98 Å². The van der Waals surface area contributed by atoms with Crippen LogP contribution in [0.25, 0.3) is 10.8 Å². The van der Waals surface area contributed by atoms with Crippen LogP contribution in [0.5, 0.6) is 0 Å². The van der Waals surface area contributed by atoms with Crippen molar-refractivity contribution in [2.45, 2.75) is 38.2 Å². The second kappa shape index (κ2) is 6.97. The molecule has 1 aliphatic heterocycles. The molecule has 1 saturated carbocycles. The molecule has 1 unspecified atom stereocenters. The lowest BCUT2D eigenvalue weighted by Crippen LogP contribution is -2.41. The summed E-state index contributed by atoms with van der Waals surface area (Å²) in [4.78, 5) is 30.1. The second-order valence-corrected chi connectivity index (χ2v) is 9.79. The minimum Gasteiger partial charge on any atom is -0.489 e. The lowest BCUT2D eigenvalue weighted by atomic mass is 9.64. The van der Waals surface area contributed by atoms with Crippen LogP contribution in [0, 0.1) is 17.3 Å². The average Bonchev–Trinajstić information content (AvgIpc) is 3.08. The number of rotatable bonds is 2. The summed E-state index contributed by atoms with van der Waals surface area (Å²) in [5, 5.41) is 11.7. The Bertz CT molecular complexity index is 1260. The number of fused-ring (bicyclic) bond motifs is 4. The molecule has 0 radical (unpaired) electrons. The normalized spacial score (nSPS) is 33.5. The summed E-state index contributed by atoms with van der Waals surface area (Å²) in [5.74, 6) is 0.618.